The number of nitrogens with zero attached hydrogens (tertiary/aromatic N) is 2. The van der Waals surface area contributed by atoms with E-state index < -0.39 is 17.7 Å². The number of alkyl carbamates (subject to hydrolysis) is 1. The Morgan fingerprint density at radius 3 is 2.40 bits per heavy atom. The lowest BCUT2D eigenvalue weighted by molar-refractivity contribution is 0.0521. The number of amides is 1. The standard InChI is InChI=1S/C27H26FN3O4/c1-27(2,3)35-26(33)29-16-20-15-21-13-18(22-7-5-6-8-23(22)25(32)34-4)14-24(31(21)30-20)17-9-11-19(28)12-10-17/h5-15H,16H2,1-4H3,(H,29,33). The van der Waals surface area contributed by atoms with E-state index in [-0.39, 0.29) is 12.4 Å². The first-order valence-corrected chi connectivity index (χ1v) is 11.1. The van der Waals surface area contributed by atoms with E-state index in [1.54, 1.807) is 49.6 Å². The zero-order valence-electron chi connectivity index (χ0n) is 20.0. The Hall–Kier alpha value is -4.20. The minimum Gasteiger partial charge on any atom is -0.465 e. The molecule has 2 aromatic heterocycles. The van der Waals surface area contributed by atoms with E-state index in [9.17, 15) is 14.0 Å². The zero-order chi connectivity index (χ0) is 25.2. The van der Waals surface area contributed by atoms with Gasteiger partial charge in [0.05, 0.1) is 36.1 Å². The maximum absolute atomic E-state index is 13.6. The third kappa shape index (κ3) is 5.48. The number of hydrogen-bond donors (Lipinski definition) is 1. The molecule has 0 bridgehead atoms. The molecule has 0 spiro atoms. The van der Waals surface area contributed by atoms with Crippen molar-refractivity contribution >= 4 is 17.6 Å². The number of pyridine rings is 1. The number of esters is 1. The van der Waals surface area contributed by atoms with Crippen molar-refractivity contribution in [1.82, 2.24) is 14.9 Å². The van der Waals surface area contributed by atoms with Gasteiger partial charge in [0, 0.05) is 5.56 Å². The number of methoxy groups -OCH3 is 1. The van der Waals surface area contributed by atoms with Gasteiger partial charge in [0.25, 0.3) is 0 Å². The molecule has 1 N–H and O–H groups in total. The highest BCUT2D eigenvalue weighted by atomic mass is 19.1. The van der Waals surface area contributed by atoms with Gasteiger partial charge in [-0.15, -0.1) is 0 Å². The first kappa shape index (κ1) is 23.9. The van der Waals surface area contributed by atoms with E-state index in [4.69, 9.17) is 9.47 Å². The van der Waals surface area contributed by atoms with Gasteiger partial charge in [0.15, 0.2) is 0 Å². The van der Waals surface area contributed by atoms with Gasteiger partial charge in [-0.3, -0.25) is 0 Å². The number of hydrogen-bond acceptors (Lipinski definition) is 5. The second kappa shape index (κ2) is 9.58. The summed E-state index contributed by atoms with van der Waals surface area (Å²) in [5, 5.41) is 7.36. The molecular weight excluding hydrogens is 449 g/mol. The van der Waals surface area contributed by atoms with Crippen molar-refractivity contribution < 1.29 is 23.5 Å². The summed E-state index contributed by atoms with van der Waals surface area (Å²) in [7, 11) is 1.34. The maximum Gasteiger partial charge on any atom is 0.407 e. The number of aromatic nitrogens is 2. The minimum atomic E-state index is -0.610. The van der Waals surface area contributed by atoms with Crippen molar-refractivity contribution in [3.8, 4) is 22.4 Å². The van der Waals surface area contributed by atoms with Crippen LogP contribution in [0.15, 0.2) is 66.7 Å². The van der Waals surface area contributed by atoms with Crippen LogP contribution < -0.4 is 5.32 Å². The second-order valence-corrected chi connectivity index (χ2v) is 9.00. The highest BCUT2D eigenvalue weighted by molar-refractivity contribution is 5.98. The summed E-state index contributed by atoms with van der Waals surface area (Å²) >= 11 is 0. The van der Waals surface area contributed by atoms with Crippen molar-refractivity contribution in [1.29, 1.82) is 0 Å². The molecule has 0 aliphatic heterocycles. The fourth-order valence-corrected chi connectivity index (χ4v) is 3.72. The van der Waals surface area contributed by atoms with E-state index in [0.717, 1.165) is 16.6 Å². The normalized spacial score (nSPS) is 11.3. The lowest BCUT2D eigenvalue weighted by Gasteiger charge is -2.19. The molecule has 1 amide bonds. The van der Waals surface area contributed by atoms with Gasteiger partial charge in [0.1, 0.15) is 11.4 Å². The Morgan fingerprint density at radius 2 is 1.71 bits per heavy atom. The number of benzene rings is 2. The van der Waals surface area contributed by atoms with E-state index in [0.29, 0.717) is 22.5 Å². The van der Waals surface area contributed by atoms with E-state index in [2.05, 4.69) is 10.4 Å². The van der Waals surface area contributed by atoms with Gasteiger partial charge >= 0.3 is 12.1 Å². The van der Waals surface area contributed by atoms with Crippen LogP contribution >= 0.6 is 0 Å². The van der Waals surface area contributed by atoms with Crippen LogP contribution in [-0.4, -0.2) is 34.4 Å². The molecule has 180 valence electrons. The van der Waals surface area contributed by atoms with Crippen LogP contribution in [0.4, 0.5) is 9.18 Å². The van der Waals surface area contributed by atoms with Crippen LogP contribution in [-0.2, 0) is 16.0 Å². The summed E-state index contributed by atoms with van der Waals surface area (Å²) in [5.74, 6) is -0.792. The van der Waals surface area contributed by atoms with Gasteiger partial charge < -0.3 is 14.8 Å². The number of rotatable bonds is 5. The highest BCUT2D eigenvalue weighted by Crippen LogP contribution is 2.31. The predicted octanol–water partition coefficient (Wildman–Crippen LogP) is 5.62. The number of carbonyl (C=O) groups excluding carboxylic acids is 2. The molecular formula is C27H26FN3O4. The molecule has 2 heterocycles. The molecule has 0 radical (unpaired) electrons. The van der Waals surface area contributed by atoms with Gasteiger partial charge in [-0.1, -0.05) is 18.2 Å². The Balaban J connectivity index is 1.80. The summed E-state index contributed by atoms with van der Waals surface area (Å²) in [4.78, 5) is 24.5. The average Bonchev–Trinajstić information content (AvgIpc) is 3.24. The number of carbonyl (C=O) groups is 2. The Morgan fingerprint density at radius 1 is 1.00 bits per heavy atom. The summed E-state index contributed by atoms with van der Waals surface area (Å²) < 4.78 is 25.6. The molecule has 0 unspecified atom stereocenters. The lowest BCUT2D eigenvalue weighted by atomic mass is 9.98. The van der Waals surface area contributed by atoms with Crippen molar-refractivity contribution in [2.45, 2.75) is 32.9 Å². The summed E-state index contributed by atoms with van der Waals surface area (Å²) in [5.41, 5.74) is 4.06. The molecule has 4 rings (SSSR count). The van der Waals surface area contributed by atoms with Crippen LogP contribution in [0.2, 0.25) is 0 Å². The topological polar surface area (TPSA) is 81.9 Å². The van der Waals surface area contributed by atoms with Gasteiger partial charge in [0.2, 0.25) is 0 Å². The average molecular weight is 476 g/mol. The van der Waals surface area contributed by atoms with E-state index >= 15 is 0 Å². The third-order valence-electron chi connectivity index (χ3n) is 5.21. The molecule has 0 aliphatic carbocycles. The minimum absolute atomic E-state index is 0.160. The number of halogens is 1. The van der Waals surface area contributed by atoms with Crippen molar-refractivity contribution in [3.63, 3.8) is 0 Å². The largest absolute Gasteiger partial charge is 0.465 e. The Labute approximate surface area is 202 Å². The molecule has 0 atom stereocenters. The van der Waals surface area contributed by atoms with Crippen molar-refractivity contribution in [3.05, 3.63) is 83.8 Å². The van der Waals surface area contributed by atoms with Crippen LogP contribution in [0, 0.1) is 5.82 Å². The maximum atomic E-state index is 13.6. The summed E-state index contributed by atoms with van der Waals surface area (Å²) in [6, 6.07) is 18.9. The molecule has 4 aromatic rings. The SMILES string of the molecule is COC(=O)c1ccccc1-c1cc(-c2ccc(F)cc2)n2nc(CNC(=O)OC(C)(C)C)cc2c1. The summed E-state index contributed by atoms with van der Waals surface area (Å²) in [6.07, 6.45) is -0.541. The predicted molar refractivity (Wildman–Crippen MR) is 130 cm³/mol. The fourth-order valence-electron chi connectivity index (χ4n) is 3.72. The molecule has 0 saturated carbocycles. The summed E-state index contributed by atoms with van der Waals surface area (Å²) in [6.45, 7) is 5.54. The molecule has 0 saturated heterocycles. The first-order valence-electron chi connectivity index (χ1n) is 11.1. The third-order valence-corrected chi connectivity index (χ3v) is 5.21. The van der Waals surface area contributed by atoms with E-state index in [1.807, 2.05) is 30.3 Å². The smallest absolute Gasteiger partial charge is 0.407 e. The van der Waals surface area contributed by atoms with Crippen LogP contribution in [0.25, 0.3) is 27.9 Å². The lowest BCUT2D eigenvalue weighted by Crippen LogP contribution is -2.32. The molecule has 0 fully saturated rings. The van der Waals surface area contributed by atoms with Crippen molar-refractivity contribution in [2.24, 2.45) is 0 Å². The number of fused-ring (bicyclic) bond motifs is 1. The molecule has 0 aliphatic rings. The van der Waals surface area contributed by atoms with Gasteiger partial charge in [-0.05, 0) is 80.4 Å². The molecule has 8 heteroatoms. The van der Waals surface area contributed by atoms with Crippen LogP contribution in [0.5, 0.6) is 0 Å². The number of nitrogens with one attached hydrogen (secondary N) is 1. The zero-order valence-corrected chi connectivity index (χ0v) is 20.0. The Bertz CT molecular complexity index is 1390. The Kier molecular flexibility index (Phi) is 6.55. The van der Waals surface area contributed by atoms with Gasteiger partial charge in [-0.2, -0.15) is 5.10 Å². The van der Waals surface area contributed by atoms with Gasteiger partial charge in [-0.25, -0.2) is 18.5 Å². The monoisotopic (exact) mass is 475 g/mol. The fraction of sp³-hybridized carbons (Fsp3) is 0.222. The van der Waals surface area contributed by atoms with Crippen LogP contribution in [0.3, 0.4) is 0 Å². The quantitative estimate of drug-likeness (QED) is 0.379. The van der Waals surface area contributed by atoms with Crippen molar-refractivity contribution in [2.75, 3.05) is 7.11 Å². The van der Waals surface area contributed by atoms with E-state index in [1.165, 1.54) is 19.2 Å². The highest BCUT2D eigenvalue weighted by Gasteiger charge is 2.18. The van der Waals surface area contributed by atoms with Crippen LogP contribution in [0.1, 0.15) is 36.8 Å². The first-order chi connectivity index (χ1) is 16.6. The molecule has 35 heavy (non-hydrogen) atoms. The number of ether oxygens (including phenoxy) is 2. The molecule has 2 aromatic carbocycles. The second-order valence-electron chi connectivity index (χ2n) is 9.00. The molecule has 7 nitrogen and oxygen atoms in total.